The number of ketones is 1. The van der Waals surface area contributed by atoms with E-state index in [1.165, 1.54) is 11.8 Å². The van der Waals surface area contributed by atoms with Gasteiger partial charge < -0.3 is 5.11 Å². The van der Waals surface area contributed by atoms with Gasteiger partial charge in [0.1, 0.15) is 0 Å². The first kappa shape index (κ1) is 10.8. The zero-order valence-electron chi connectivity index (χ0n) is 8.17. The van der Waals surface area contributed by atoms with Crippen molar-refractivity contribution < 1.29 is 9.90 Å². The van der Waals surface area contributed by atoms with E-state index in [0.717, 1.165) is 17.7 Å². The second kappa shape index (κ2) is 4.29. The van der Waals surface area contributed by atoms with E-state index in [1.807, 2.05) is 13.0 Å². The zero-order valence-corrected chi connectivity index (χ0v) is 8.99. The Morgan fingerprint density at radius 3 is 2.85 bits per heavy atom. The summed E-state index contributed by atoms with van der Waals surface area (Å²) in [4.78, 5) is 12.1. The Balaban J connectivity index is 2.38. The third kappa shape index (κ3) is 3.16. The quantitative estimate of drug-likeness (QED) is 0.755. The van der Waals surface area contributed by atoms with Crippen molar-refractivity contribution >= 4 is 17.5 Å². The summed E-state index contributed by atoms with van der Waals surface area (Å²) in [5.74, 6) is 0.845. The summed E-state index contributed by atoms with van der Waals surface area (Å²) in [7, 11) is 0. The molecule has 1 unspecified atom stereocenters. The van der Waals surface area contributed by atoms with E-state index in [-0.39, 0.29) is 5.78 Å². The van der Waals surface area contributed by atoms with Gasteiger partial charge in [0.05, 0.1) is 5.60 Å². The number of aliphatic hydroxyl groups is 1. The van der Waals surface area contributed by atoms with E-state index in [1.54, 1.807) is 6.92 Å². The molecular formula is C10H16O2S. The maximum absolute atomic E-state index is 11.2. The summed E-state index contributed by atoms with van der Waals surface area (Å²) in [6, 6.07) is 0. The van der Waals surface area contributed by atoms with Gasteiger partial charge in [-0.1, -0.05) is 13.0 Å². The molecule has 0 saturated heterocycles. The molecule has 0 amide bonds. The molecule has 0 aromatic carbocycles. The molecule has 0 spiro atoms. The Bertz CT molecular complexity index is 231. The highest BCUT2D eigenvalue weighted by Crippen LogP contribution is 2.28. The van der Waals surface area contributed by atoms with Crippen molar-refractivity contribution in [1.82, 2.24) is 0 Å². The fraction of sp³-hybridized carbons (Fsp3) is 0.700. The Labute approximate surface area is 83.4 Å². The zero-order chi connectivity index (χ0) is 9.90. The summed E-state index contributed by atoms with van der Waals surface area (Å²) >= 11 is 1.49. The minimum Gasteiger partial charge on any atom is -0.389 e. The smallest absolute Gasteiger partial charge is 0.169 e. The average molecular weight is 200 g/mol. The molecule has 13 heavy (non-hydrogen) atoms. The third-order valence-electron chi connectivity index (χ3n) is 2.28. The summed E-state index contributed by atoms with van der Waals surface area (Å²) in [5, 5.41) is 9.71. The first-order chi connectivity index (χ1) is 6.05. The lowest BCUT2D eigenvalue weighted by molar-refractivity contribution is -0.114. The second-order valence-corrected chi connectivity index (χ2v) is 4.69. The van der Waals surface area contributed by atoms with E-state index in [2.05, 4.69) is 0 Å². The number of thioether (sulfide) groups is 1. The number of rotatable bonds is 4. The lowest BCUT2D eigenvalue weighted by Gasteiger charge is -2.20. The van der Waals surface area contributed by atoms with Crippen molar-refractivity contribution in [3.05, 3.63) is 11.0 Å². The van der Waals surface area contributed by atoms with Crippen LogP contribution >= 0.6 is 11.8 Å². The van der Waals surface area contributed by atoms with E-state index >= 15 is 0 Å². The van der Waals surface area contributed by atoms with E-state index < -0.39 is 5.60 Å². The number of carbonyl (C=O) groups excluding carboxylic acids is 1. The molecule has 74 valence electrons. The molecule has 0 saturated carbocycles. The largest absolute Gasteiger partial charge is 0.389 e. The second-order valence-electron chi connectivity index (χ2n) is 3.67. The molecule has 0 heterocycles. The van der Waals surface area contributed by atoms with Crippen LogP contribution in [0.15, 0.2) is 11.0 Å². The van der Waals surface area contributed by atoms with Gasteiger partial charge in [0.2, 0.25) is 0 Å². The first-order valence-electron chi connectivity index (χ1n) is 4.64. The van der Waals surface area contributed by atoms with E-state index in [0.29, 0.717) is 12.2 Å². The molecule has 1 aliphatic rings. The molecule has 1 aliphatic carbocycles. The van der Waals surface area contributed by atoms with Crippen molar-refractivity contribution in [2.45, 2.75) is 38.7 Å². The van der Waals surface area contributed by atoms with Crippen LogP contribution in [0.4, 0.5) is 0 Å². The fourth-order valence-corrected chi connectivity index (χ4v) is 2.22. The topological polar surface area (TPSA) is 37.3 Å². The van der Waals surface area contributed by atoms with Gasteiger partial charge in [-0.3, -0.25) is 4.79 Å². The Hall–Kier alpha value is -0.280. The van der Waals surface area contributed by atoms with Crippen LogP contribution in [0.2, 0.25) is 0 Å². The Morgan fingerprint density at radius 1 is 1.69 bits per heavy atom. The van der Waals surface area contributed by atoms with Gasteiger partial charge in [0.15, 0.2) is 5.78 Å². The first-order valence-corrected chi connectivity index (χ1v) is 5.62. The molecular weight excluding hydrogens is 184 g/mol. The van der Waals surface area contributed by atoms with Gasteiger partial charge >= 0.3 is 0 Å². The van der Waals surface area contributed by atoms with Gasteiger partial charge in [-0.2, -0.15) is 0 Å². The molecule has 1 N–H and O–H groups in total. The Morgan fingerprint density at radius 2 is 2.38 bits per heavy atom. The Kier molecular flexibility index (Phi) is 3.56. The van der Waals surface area contributed by atoms with Crippen molar-refractivity contribution in [3.63, 3.8) is 0 Å². The number of Topliss-reactive ketones (excluding diaryl/α,β-unsaturated/α-hetero) is 1. The number of hydrogen-bond acceptors (Lipinski definition) is 3. The van der Waals surface area contributed by atoms with Crippen LogP contribution in [0.5, 0.6) is 0 Å². The molecule has 0 fully saturated rings. The maximum atomic E-state index is 11.2. The molecule has 1 atom stereocenters. The summed E-state index contributed by atoms with van der Waals surface area (Å²) in [6.45, 7) is 3.76. The molecule has 0 aliphatic heterocycles. The van der Waals surface area contributed by atoms with Gasteiger partial charge in [-0.15, -0.1) is 11.8 Å². The standard InChI is InChI=1S/C10H16O2S/c1-3-10(2,12)7-13-9-6-4-5-8(9)11/h6,12H,3-5,7H2,1-2H3. The average Bonchev–Trinajstić information content (AvgIpc) is 2.48. The minimum atomic E-state index is -0.644. The van der Waals surface area contributed by atoms with E-state index in [4.69, 9.17) is 0 Å². The van der Waals surface area contributed by atoms with Crippen LogP contribution in [-0.2, 0) is 4.79 Å². The van der Waals surface area contributed by atoms with Gasteiger partial charge in [-0.25, -0.2) is 0 Å². The van der Waals surface area contributed by atoms with Gasteiger partial charge in [0.25, 0.3) is 0 Å². The van der Waals surface area contributed by atoms with Crippen molar-refractivity contribution in [2.24, 2.45) is 0 Å². The molecule has 3 heteroatoms. The van der Waals surface area contributed by atoms with Gasteiger partial charge in [0, 0.05) is 17.1 Å². The molecule has 0 radical (unpaired) electrons. The summed E-state index contributed by atoms with van der Waals surface area (Å²) < 4.78 is 0. The summed E-state index contributed by atoms with van der Waals surface area (Å²) in [6.07, 6.45) is 4.21. The van der Waals surface area contributed by atoms with Crippen LogP contribution in [0.3, 0.4) is 0 Å². The van der Waals surface area contributed by atoms with Crippen LogP contribution in [-0.4, -0.2) is 22.2 Å². The van der Waals surface area contributed by atoms with Crippen LogP contribution in [0.25, 0.3) is 0 Å². The normalized spacial score (nSPS) is 21.5. The number of carbonyl (C=O) groups is 1. The molecule has 0 bridgehead atoms. The minimum absolute atomic E-state index is 0.233. The van der Waals surface area contributed by atoms with Crippen LogP contribution in [0.1, 0.15) is 33.1 Å². The van der Waals surface area contributed by atoms with Crippen molar-refractivity contribution in [3.8, 4) is 0 Å². The summed E-state index contributed by atoms with van der Waals surface area (Å²) in [5.41, 5.74) is -0.644. The maximum Gasteiger partial charge on any atom is 0.169 e. The number of hydrogen-bond donors (Lipinski definition) is 1. The highest BCUT2D eigenvalue weighted by molar-refractivity contribution is 8.04. The third-order valence-corrected chi connectivity index (χ3v) is 3.75. The molecule has 0 aromatic rings. The SMILES string of the molecule is CCC(C)(O)CSC1=CCCC1=O. The predicted octanol–water partition coefficient (Wildman–Crippen LogP) is 2.13. The van der Waals surface area contributed by atoms with Gasteiger partial charge in [-0.05, 0) is 19.8 Å². The fourth-order valence-electron chi connectivity index (χ4n) is 1.05. The van der Waals surface area contributed by atoms with Crippen molar-refractivity contribution in [2.75, 3.05) is 5.75 Å². The lowest BCUT2D eigenvalue weighted by Crippen LogP contribution is -2.26. The number of allylic oxidation sites excluding steroid dienone is 2. The predicted molar refractivity (Wildman–Crippen MR) is 55.7 cm³/mol. The monoisotopic (exact) mass is 200 g/mol. The molecule has 2 nitrogen and oxygen atoms in total. The van der Waals surface area contributed by atoms with E-state index in [9.17, 15) is 9.90 Å². The highest BCUT2D eigenvalue weighted by atomic mass is 32.2. The van der Waals surface area contributed by atoms with Crippen molar-refractivity contribution in [1.29, 1.82) is 0 Å². The highest BCUT2D eigenvalue weighted by Gasteiger charge is 2.22. The molecule has 0 aromatic heterocycles. The van der Waals surface area contributed by atoms with Crippen LogP contribution in [0, 0.1) is 0 Å². The lowest BCUT2D eigenvalue weighted by atomic mass is 10.1. The molecule has 1 rings (SSSR count). The van der Waals surface area contributed by atoms with Crippen LogP contribution < -0.4 is 0 Å².